The first kappa shape index (κ1) is 15.8. The molecule has 6 heteroatoms. The number of aromatic nitrogens is 1. The predicted molar refractivity (Wildman–Crippen MR) is 92.3 cm³/mol. The number of rotatable bonds is 5. The summed E-state index contributed by atoms with van der Waals surface area (Å²) in [5, 5.41) is 6.10. The molecule has 1 atom stereocenters. The van der Waals surface area contributed by atoms with Crippen LogP contribution in [0.5, 0.6) is 0 Å². The van der Waals surface area contributed by atoms with Crippen molar-refractivity contribution in [1.82, 2.24) is 15.2 Å². The molecule has 2 aromatic rings. The molecule has 2 heterocycles. The molecule has 0 spiro atoms. The average Bonchev–Trinajstić information content (AvgIpc) is 3.11. The molecule has 0 radical (unpaired) electrons. The van der Waals surface area contributed by atoms with Gasteiger partial charge in [0.2, 0.25) is 5.91 Å². The van der Waals surface area contributed by atoms with E-state index in [9.17, 15) is 9.59 Å². The second-order valence-corrected chi connectivity index (χ2v) is 6.50. The molecule has 1 saturated heterocycles. The van der Waals surface area contributed by atoms with E-state index in [0.717, 1.165) is 22.8 Å². The molecule has 0 saturated carbocycles. The molecule has 120 valence electrons. The summed E-state index contributed by atoms with van der Waals surface area (Å²) in [6.07, 6.45) is 1.78. The third-order valence-corrected chi connectivity index (χ3v) is 4.71. The number of hydrogen-bond donors (Lipinski definition) is 2. The second kappa shape index (κ2) is 7.48. The predicted octanol–water partition coefficient (Wildman–Crippen LogP) is 1.18. The molecule has 1 aromatic heterocycles. The van der Waals surface area contributed by atoms with Crippen molar-refractivity contribution in [2.75, 3.05) is 11.6 Å². The first-order valence-corrected chi connectivity index (χ1v) is 8.70. The number of hydrogen-bond acceptors (Lipinski definition) is 4. The summed E-state index contributed by atoms with van der Waals surface area (Å²) < 4.78 is 1.67. The molecule has 1 fully saturated rings. The molecular weight excluding hydrogens is 310 g/mol. The third kappa shape index (κ3) is 4.24. The normalized spacial score (nSPS) is 17.1. The van der Waals surface area contributed by atoms with Gasteiger partial charge < -0.3 is 9.88 Å². The zero-order chi connectivity index (χ0) is 16.1. The van der Waals surface area contributed by atoms with Crippen LogP contribution in [0.15, 0.2) is 53.5 Å². The summed E-state index contributed by atoms with van der Waals surface area (Å²) in [5.41, 5.74) is 2.10. The van der Waals surface area contributed by atoms with Crippen LogP contribution in [-0.4, -0.2) is 28.1 Å². The minimum atomic E-state index is -0.0794. The number of thioether (sulfide) groups is 1. The number of amides is 1. The average molecular weight is 329 g/mol. The van der Waals surface area contributed by atoms with Gasteiger partial charge in [0.05, 0.1) is 12.6 Å². The monoisotopic (exact) mass is 329 g/mol. The molecule has 1 aromatic carbocycles. The van der Waals surface area contributed by atoms with Crippen molar-refractivity contribution < 1.29 is 4.79 Å². The largest absolute Gasteiger partial charge is 0.351 e. The number of benzene rings is 1. The SMILES string of the molecule is O=C(NCc1ccc(Cn2ccccc2=O)cc1)C1CSCN1. The third-order valence-electron chi connectivity index (χ3n) is 3.77. The number of nitrogens with zero attached hydrogens (tertiary/aromatic N) is 1. The molecule has 23 heavy (non-hydrogen) atoms. The Balaban J connectivity index is 1.55. The van der Waals surface area contributed by atoms with Gasteiger partial charge in [0.25, 0.3) is 5.56 Å². The van der Waals surface area contributed by atoms with Crippen LogP contribution in [0, 0.1) is 0 Å². The van der Waals surface area contributed by atoms with E-state index in [1.54, 1.807) is 34.7 Å². The van der Waals surface area contributed by atoms with E-state index >= 15 is 0 Å². The van der Waals surface area contributed by atoms with Gasteiger partial charge in [-0.15, -0.1) is 11.8 Å². The van der Waals surface area contributed by atoms with Crippen LogP contribution >= 0.6 is 11.8 Å². The summed E-state index contributed by atoms with van der Waals surface area (Å²) in [7, 11) is 0. The quantitative estimate of drug-likeness (QED) is 0.864. The highest BCUT2D eigenvalue weighted by atomic mass is 32.2. The fourth-order valence-electron chi connectivity index (χ4n) is 2.43. The number of pyridine rings is 1. The second-order valence-electron chi connectivity index (χ2n) is 5.47. The van der Waals surface area contributed by atoms with E-state index in [1.807, 2.05) is 30.3 Å². The van der Waals surface area contributed by atoms with Gasteiger partial charge in [0.1, 0.15) is 0 Å². The van der Waals surface area contributed by atoms with Gasteiger partial charge in [-0.2, -0.15) is 0 Å². The van der Waals surface area contributed by atoms with E-state index in [2.05, 4.69) is 10.6 Å². The number of nitrogens with one attached hydrogen (secondary N) is 2. The zero-order valence-electron chi connectivity index (χ0n) is 12.7. The summed E-state index contributed by atoms with van der Waals surface area (Å²) in [6.45, 7) is 1.07. The van der Waals surface area contributed by atoms with E-state index in [-0.39, 0.29) is 17.5 Å². The fourth-order valence-corrected chi connectivity index (χ4v) is 3.37. The van der Waals surface area contributed by atoms with Gasteiger partial charge in [0, 0.05) is 30.4 Å². The van der Waals surface area contributed by atoms with Crippen molar-refractivity contribution in [3.63, 3.8) is 0 Å². The molecule has 0 aliphatic carbocycles. The van der Waals surface area contributed by atoms with Crippen LogP contribution in [0.4, 0.5) is 0 Å². The van der Waals surface area contributed by atoms with E-state index in [0.29, 0.717) is 13.1 Å². The van der Waals surface area contributed by atoms with Gasteiger partial charge in [0.15, 0.2) is 0 Å². The van der Waals surface area contributed by atoms with Crippen LogP contribution in [0.3, 0.4) is 0 Å². The summed E-state index contributed by atoms with van der Waals surface area (Å²) in [5.74, 6) is 1.72. The highest BCUT2D eigenvalue weighted by Crippen LogP contribution is 2.10. The Hall–Kier alpha value is -2.05. The van der Waals surface area contributed by atoms with Gasteiger partial charge in [-0.05, 0) is 17.2 Å². The summed E-state index contributed by atoms with van der Waals surface area (Å²) in [4.78, 5) is 23.6. The Morgan fingerprint density at radius 3 is 2.70 bits per heavy atom. The molecule has 1 aliphatic heterocycles. The van der Waals surface area contributed by atoms with Gasteiger partial charge in [-0.3, -0.25) is 14.9 Å². The number of carbonyl (C=O) groups is 1. The lowest BCUT2D eigenvalue weighted by molar-refractivity contribution is -0.122. The first-order valence-electron chi connectivity index (χ1n) is 7.54. The molecule has 1 unspecified atom stereocenters. The molecule has 1 amide bonds. The summed E-state index contributed by atoms with van der Waals surface area (Å²) >= 11 is 1.74. The van der Waals surface area contributed by atoms with E-state index in [1.165, 1.54) is 0 Å². The van der Waals surface area contributed by atoms with Crippen molar-refractivity contribution in [1.29, 1.82) is 0 Å². The smallest absolute Gasteiger partial charge is 0.250 e. The zero-order valence-corrected chi connectivity index (χ0v) is 13.5. The fraction of sp³-hybridized carbons (Fsp3) is 0.294. The highest BCUT2D eigenvalue weighted by Gasteiger charge is 2.21. The topological polar surface area (TPSA) is 63.1 Å². The molecule has 0 bridgehead atoms. The molecular formula is C17H19N3O2S. The first-order chi connectivity index (χ1) is 11.2. The van der Waals surface area contributed by atoms with Crippen molar-refractivity contribution in [2.45, 2.75) is 19.1 Å². The van der Waals surface area contributed by atoms with Crippen LogP contribution in [-0.2, 0) is 17.9 Å². The lowest BCUT2D eigenvalue weighted by Crippen LogP contribution is -2.41. The Morgan fingerprint density at radius 2 is 2.00 bits per heavy atom. The van der Waals surface area contributed by atoms with Crippen molar-refractivity contribution in [3.8, 4) is 0 Å². The Labute approximate surface area is 139 Å². The highest BCUT2D eigenvalue weighted by molar-refractivity contribution is 7.99. The van der Waals surface area contributed by atoms with Crippen LogP contribution < -0.4 is 16.2 Å². The van der Waals surface area contributed by atoms with Gasteiger partial charge in [-0.1, -0.05) is 30.3 Å². The van der Waals surface area contributed by atoms with Crippen molar-refractivity contribution in [2.24, 2.45) is 0 Å². The summed E-state index contributed by atoms with van der Waals surface area (Å²) in [6, 6.07) is 13.0. The molecule has 3 rings (SSSR count). The van der Waals surface area contributed by atoms with E-state index < -0.39 is 0 Å². The maximum Gasteiger partial charge on any atom is 0.250 e. The maximum atomic E-state index is 11.9. The van der Waals surface area contributed by atoms with Crippen molar-refractivity contribution >= 4 is 17.7 Å². The minimum absolute atomic E-state index is 0.00854. The lowest BCUT2D eigenvalue weighted by Gasteiger charge is -2.11. The minimum Gasteiger partial charge on any atom is -0.351 e. The molecule has 1 aliphatic rings. The van der Waals surface area contributed by atoms with Gasteiger partial charge >= 0.3 is 0 Å². The van der Waals surface area contributed by atoms with Crippen LogP contribution in [0.25, 0.3) is 0 Å². The number of carbonyl (C=O) groups excluding carboxylic acids is 1. The lowest BCUT2D eigenvalue weighted by atomic mass is 10.1. The van der Waals surface area contributed by atoms with Gasteiger partial charge in [-0.25, -0.2) is 0 Å². The molecule has 2 N–H and O–H groups in total. The Kier molecular flexibility index (Phi) is 5.15. The van der Waals surface area contributed by atoms with Crippen molar-refractivity contribution in [3.05, 3.63) is 70.1 Å². The van der Waals surface area contributed by atoms with Crippen LogP contribution in [0.2, 0.25) is 0 Å². The maximum absolute atomic E-state index is 11.9. The van der Waals surface area contributed by atoms with Crippen LogP contribution in [0.1, 0.15) is 11.1 Å². The Morgan fingerprint density at radius 1 is 1.22 bits per heavy atom. The van der Waals surface area contributed by atoms with E-state index in [4.69, 9.17) is 0 Å². The molecule has 5 nitrogen and oxygen atoms in total. The standard InChI is InChI=1S/C17H19N3O2S/c21-16-3-1-2-8-20(16)10-14-6-4-13(5-7-14)9-18-17(22)15-11-23-12-19-15/h1-8,15,19H,9-12H2,(H,18,22). The Bertz CT molecular complexity index is 721.